The average Bonchev–Trinajstić information content (AvgIpc) is 2.48. The van der Waals surface area contributed by atoms with E-state index in [1.807, 2.05) is 0 Å². The molecule has 1 aromatic rings. The van der Waals surface area contributed by atoms with Crippen molar-refractivity contribution in [1.82, 2.24) is 9.62 Å². The summed E-state index contributed by atoms with van der Waals surface area (Å²) in [4.78, 5) is 0. The second kappa shape index (κ2) is 6.96. The molecule has 118 valence electrons. The van der Waals surface area contributed by atoms with Gasteiger partial charge in [0.25, 0.3) is 0 Å². The van der Waals surface area contributed by atoms with E-state index in [4.69, 9.17) is 11.6 Å². The number of halogens is 1. The lowest BCUT2D eigenvalue weighted by Gasteiger charge is -2.31. The lowest BCUT2D eigenvalue weighted by Crippen LogP contribution is -2.45. The molecule has 0 aliphatic carbocycles. The van der Waals surface area contributed by atoms with Crippen molar-refractivity contribution >= 4 is 21.6 Å². The van der Waals surface area contributed by atoms with Gasteiger partial charge < -0.3 is 10.4 Å². The highest BCUT2D eigenvalue weighted by Gasteiger charge is 2.26. The number of phenols is 1. The summed E-state index contributed by atoms with van der Waals surface area (Å²) in [6.45, 7) is 3.30. The summed E-state index contributed by atoms with van der Waals surface area (Å²) in [5.41, 5.74) is 0.756. The Kier molecular flexibility index (Phi) is 5.48. The predicted octanol–water partition coefficient (Wildman–Crippen LogP) is 1.95. The smallest absolute Gasteiger partial charge is 0.213 e. The van der Waals surface area contributed by atoms with Gasteiger partial charge in [0.15, 0.2) is 0 Å². The van der Waals surface area contributed by atoms with E-state index in [2.05, 4.69) is 5.32 Å². The molecular formula is C14H21ClN2O3S. The first kappa shape index (κ1) is 16.5. The molecular weight excluding hydrogens is 312 g/mol. The second-order valence-corrected chi connectivity index (χ2v) is 7.92. The summed E-state index contributed by atoms with van der Waals surface area (Å²) in [5.74, 6) is 0.375. The number of hydrogen-bond donors (Lipinski definition) is 2. The number of benzene rings is 1. The van der Waals surface area contributed by atoms with Crippen molar-refractivity contribution in [3.8, 4) is 5.75 Å². The van der Waals surface area contributed by atoms with Gasteiger partial charge in [-0.1, -0.05) is 11.6 Å². The maximum absolute atomic E-state index is 11.8. The summed E-state index contributed by atoms with van der Waals surface area (Å²) >= 11 is 5.91. The van der Waals surface area contributed by atoms with E-state index in [0.29, 0.717) is 24.7 Å². The molecule has 0 spiro atoms. The SMILES string of the molecule is CCS(=O)(=O)N1CCC(NCc2cc(Cl)ccc2O)CC1. The van der Waals surface area contributed by atoms with Crippen LogP contribution in [-0.4, -0.2) is 42.7 Å². The topological polar surface area (TPSA) is 69.6 Å². The number of rotatable bonds is 5. The third kappa shape index (κ3) is 4.32. The van der Waals surface area contributed by atoms with Crippen LogP contribution in [-0.2, 0) is 16.6 Å². The van der Waals surface area contributed by atoms with Gasteiger partial charge in [-0.3, -0.25) is 0 Å². The van der Waals surface area contributed by atoms with Gasteiger partial charge in [0.2, 0.25) is 10.0 Å². The van der Waals surface area contributed by atoms with Crippen molar-refractivity contribution in [2.24, 2.45) is 0 Å². The Morgan fingerprint density at radius 3 is 2.67 bits per heavy atom. The van der Waals surface area contributed by atoms with Gasteiger partial charge in [-0.2, -0.15) is 0 Å². The molecule has 0 aromatic heterocycles. The van der Waals surface area contributed by atoms with Gasteiger partial charge in [0.1, 0.15) is 5.75 Å². The van der Waals surface area contributed by atoms with Gasteiger partial charge in [-0.25, -0.2) is 12.7 Å². The van der Waals surface area contributed by atoms with Crippen molar-refractivity contribution in [3.63, 3.8) is 0 Å². The van der Waals surface area contributed by atoms with Crippen LogP contribution in [0.3, 0.4) is 0 Å². The zero-order valence-corrected chi connectivity index (χ0v) is 13.6. The number of nitrogens with one attached hydrogen (secondary N) is 1. The molecule has 21 heavy (non-hydrogen) atoms. The number of piperidine rings is 1. The van der Waals surface area contributed by atoms with Gasteiger partial charge in [-0.05, 0) is 38.0 Å². The molecule has 7 heteroatoms. The largest absolute Gasteiger partial charge is 0.508 e. The first-order valence-corrected chi connectivity index (χ1v) is 9.09. The summed E-state index contributed by atoms with van der Waals surface area (Å²) in [5, 5.41) is 13.7. The molecule has 1 aromatic carbocycles. The highest BCUT2D eigenvalue weighted by molar-refractivity contribution is 7.89. The molecule has 0 atom stereocenters. The van der Waals surface area contributed by atoms with Crippen LogP contribution in [0.5, 0.6) is 5.75 Å². The molecule has 1 heterocycles. The Morgan fingerprint density at radius 2 is 2.05 bits per heavy atom. The van der Waals surface area contributed by atoms with E-state index in [1.54, 1.807) is 29.4 Å². The van der Waals surface area contributed by atoms with Crippen LogP contribution >= 0.6 is 11.6 Å². The highest BCUT2D eigenvalue weighted by atomic mass is 35.5. The normalized spacial score (nSPS) is 18.0. The molecule has 1 saturated heterocycles. The van der Waals surface area contributed by atoms with E-state index in [9.17, 15) is 13.5 Å². The molecule has 2 N–H and O–H groups in total. The predicted molar refractivity (Wildman–Crippen MR) is 84.0 cm³/mol. The minimum atomic E-state index is -3.08. The standard InChI is InChI=1S/C14H21ClN2O3S/c1-2-21(19,20)17-7-5-13(6-8-17)16-10-11-9-12(15)3-4-14(11)18/h3-4,9,13,16,18H,2,5-8,10H2,1H3. The average molecular weight is 333 g/mol. The Morgan fingerprint density at radius 1 is 1.38 bits per heavy atom. The quantitative estimate of drug-likeness (QED) is 0.864. The van der Waals surface area contributed by atoms with Crippen LogP contribution in [0.15, 0.2) is 18.2 Å². The number of nitrogens with zero attached hydrogens (tertiary/aromatic N) is 1. The van der Waals surface area contributed by atoms with Gasteiger partial charge >= 0.3 is 0 Å². The minimum Gasteiger partial charge on any atom is -0.508 e. The van der Waals surface area contributed by atoms with Gasteiger partial charge in [0.05, 0.1) is 5.75 Å². The van der Waals surface area contributed by atoms with Gasteiger partial charge in [-0.15, -0.1) is 0 Å². The van der Waals surface area contributed by atoms with Gasteiger partial charge in [0, 0.05) is 36.3 Å². The van der Waals surface area contributed by atoms with Crippen molar-refractivity contribution in [2.45, 2.75) is 32.4 Å². The third-order valence-corrected chi connectivity index (χ3v) is 5.95. The van der Waals surface area contributed by atoms with Crippen molar-refractivity contribution in [1.29, 1.82) is 0 Å². The monoisotopic (exact) mass is 332 g/mol. The van der Waals surface area contributed by atoms with E-state index < -0.39 is 10.0 Å². The number of aromatic hydroxyl groups is 1. The highest BCUT2D eigenvalue weighted by Crippen LogP contribution is 2.22. The lowest BCUT2D eigenvalue weighted by molar-refractivity contribution is 0.288. The molecule has 1 fully saturated rings. The Labute approximate surface area is 131 Å². The minimum absolute atomic E-state index is 0.154. The molecule has 0 saturated carbocycles. The van der Waals surface area contributed by atoms with E-state index >= 15 is 0 Å². The number of sulfonamides is 1. The number of hydrogen-bond acceptors (Lipinski definition) is 4. The van der Waals surface area contributed by atoms with Crippen LogP contribution in [0.1, 0.15) is 25.3 Å². The fraction of sp³-hybridized carbons (Fsp3) is 0.571. The van der Waals surface area contributed by atoms with E-state index in [1.165, 1.54) is 0 Å². The maximum Gasteiger partial charge on any atom is 0.213 e. The Hall–Kier alpha value is -0.820. The molecule has 1 aliphatic rings. The molecule has 0 radical (unpaired) electrons. The van der Waals surface area contributed by atoms with E-state index in [-0.39, 0.29) is 17.5 Å². The third-order valence-electron chi connectivity index (χ3n) is 3.83. The Balaban J connectivity index is 1.86. The second-order valence-electron chi connectivity index (χ2n) is 5.23. The van der Waals surface area contributed by atoms with Crippen LogP contribution in [0.4, 0.5) is 0 Å². The van der Waals surface area contributed by atoms with Crippen LogP contribution in [0.25, 0.3) is 0 Å². The molecule has 0 bridgehead atoms. The molecule has 0 amide bonds. The number of phenolic OH excluding ortho intramolecular Hbond substituents is 1. The first-order chi connectivity index (χ1) is 9.92. The van der Waals surface area contributed by atoms with Crippen molar-refractivity contribution in [3.05, 3.63) is 28.8 Å². The molecule has 0 unspecified atom stereocenters. The van der Waals surface area contributed by atoms with E-state index in [0.717, 1.165) is 18.4 Å². The zero-order valence-electron chi connectivity index (χ0n) is 12.0. The fourth-order valence-electron chi connectivity index (χ4n) is 2.47. The van der Waals surface area contributed by atoms with Crippen molar-refractivity contribution < 1.29 is 13.5 Å². The summed E-state index contributed by atoms with van der Waals surface area (Å²) in [7, 11) is -3.08. The lowest BCUT2D eigenvalue weighted by atomic mass is 10.1. The van der Waals surface area contributed by atoms with Crippen LogP contribution < -0.4 is 5.32 Å². The Bertz CT molecular complexity index is 584. The molecule has 1 aliphatic heterocycles. The fourth-order valence-corrected chi connectivity index (χ4v) is 3.80. The summed E-state index contributed by atoms with van der Waals surface area (Å²) in [6, 6.07) is 5.22. The van der Waals surface area contributed by atoms with Crippen LogP contribution in [0.2, 0.25) is 5.02 Å². The summed E-state index contributed by atoms with van der Waals surface area (Å²) < 4.78 is 25.1. The first-order valence-electron chi connectivity index (χ1n) is 7.11. The maximum atomic E-state index is 11.8. The van der Waals surface area contributed by atoms with Crippen LogP contribution in [0, 0.1) is 0 Å². The van der Waals surface area contributed by atoms with Crippen molar-refractivity contribution in [2.75, 3.05) is 18.8 Å². The zero-order chi connectivity index (χ0) is 15.5. The molecule has 5 nitrogen and oxygen atoms in total. The summed E-state index contributed by atoms with van der Waals surface area (Å²) in [6.07, 6.45) is 1.56. The molecule has 2 rings (SSSR count).